The van der Waals surface area contributed by atoms with Crippen LogP contribution in [0.4, 0.5) is 0 Å². The summed E-state index contributed by atoms with van der Waals surface area (Å²) in [5.41, 5.74) is 2.78. The van der Waals surface area contributed by atoms with Crippen molar-refractivity contribution in [2.75, 3.05) is 13.2 Å². The van der Waals surface area contributed by atoms with Crippen LogP contribution >= 0.6 is 24.0 Å². The van der Waals surface area contributed by atoms with E-state index in [1.54, 1.807) is 0 Å². The molecular weight excluding hydrogens is 425 g/mol. The van der Waals surface area contributed by atoms with Crippen molar-refractivity contribution in [1.29, 1.82) is 0 Å². The van der Waals surface area contributed by atoms with E-state index in [-0.39, 0.29) is 35.4 Å². The molecule has 5 heteroatoms. The molecule has 2 fully saturated rings. The zero-order valence-electron chi connectivity index (χ0n) is 16.0. The van der Waals surface area contributed by atoms with Crippen LogP contribution in [0.3, 0.4) is 0 Å². The van der Waals surface area contributed by atoms with Crippen LogP contribution in [-0.4, -0.2) is 31.3 Å². The van der Waals surface area contributed by atoms with Crippen LogP contribution in [0.1, 0.15) is 51.3 Å². The van der Waals surface area contributed by atoms with Crippen molar-refractivity contribution in [3.8, 4) is 0 Å². The smallest absolute Gasteiger partial charge is 0.191 e. The van der Waals surface area contributed by atoms with Gasteiger partial charge in [0.2, 0.25) is 0 Å². The average Bonchev–Trinajstić information content (AvgIpc) is 3.00. The molecule has 0 amide bonds. The first-order chi connectivity index (χ1) is 11.4. The summed E-state index contributed by atoms with van der Waals surface area (Å²) in [6, 6.07) is 9.18. The van der Waals surface area contributed by atoms with E-state index in [0.29, 0.717) is 18.1 Å². The van der Waals surface area contributed by atoms with Gasteiger partial charge in [-0.2, -0.15) is 0 Å². The summed E-state index contributed by atoms with van der Waals surface area (Å²) < 4.78 is 5.90. The van der Waals surface area contributed by atoms with Gasteiger partial charge in [-0.05, 0) is 38.3 Å². The molecule has 0 radical (unpaired) electrons. The van der Waals surface area contributed by atoms with E-state index in [0.717, 1.165) is 25.5 Å². The normalized spacial score (nSPS) is 28.4. The largest absolute Gasteiger partial charge is 0.377 e. The lowest BCUT2D eigenvalue weighted by atomic mass is 9.57. The van der Waals surface area contributed by atoms with E-state index in [1.165, 1.54) is 11.1 Å². The van der Waals surface area contributed by atoms with Crippen molar-refractivity contribution in [2.24, 2.45) is 16.3 Å². The number of hydrogen-bond acceptors (Lipinski definition) is 2. The van der Waals surface area contributed by atoms with Gasteiger partial charge in [-0.3, -0.25) is 4.99 Å². The highest BCUT2D eigenvalue weighted by Gasteiger charge is 2.59. The quantitative estimate of drug-likeness (QED) is 0.408. The lowest BCUT2D eigenvalue weighted by molar-refractivity contribution is -0.106. The zero-order chi connectivity index (χ0) is 17.3. The number of halogens is 1. The summed E-state index contributed by atoms with van der Waals surface area (Å²) in [6.45, 7) is 12.7. The Balaban J connectivity index is 0.00000225. The van der Waals surface area contributed by atoms with Crippen LogP contribution in [-0.2, 0) is 4.74 Å². The van der Waals surface area contributed by atoms with Crippen LogP contribution < -0.4 is 10.6 Å². The van der Waals surface area contributed by atoms with Crippen molar-refractivity contribution in [2.45, 2.75) is 59.2 Å². The van der Waals surface area contributed by atoms with Gasteiger partial charge in [0.15, 0.2) is 5.96 Å². The fourth-order valence-electron chi connectivity index (χ4n) is 4.41. The van der Waals surface area contributed by atoms with Gasteiger partial charge >= 0.3 is 0 Å². The Bertz CT molecular complexity index is 617. The van der Waals surface area contributed by atoms with Gasteiger partial charge in [0.1, 0.15) is 0 Å². The lowest BCUT2D eigenvalue weighted by Crippen LogP contribution is -2.68. The minimum atomic E-state index is 0. The Hall–Kier alpha value is -0.820. The minimum Gasteiger partial charge on any atom is -0.377 e. The second-order valence-electron chi connectivity index (χ2n) is 7.73. The number of nitrogens with zero attached hydrogens (tertiary/aromatic N) is 1. The first-order valence-electron chi connectivity index (χ1n) is 9.19. The fraction of sp³-hybridized carbons (Fsp3) is 0.650. The van der Waals surface area contributed by atoms with E-state index in [2.05, 4.69) is 74.5 Å². The molecule has 2 aliphatic rings. The summed E-state index contributed by atoms with van der Waals surface area (Å²) in [5.74, 6) is 1.52. The Morgan fingerprint density at radius 3 is 2.76 bits per heavy atom. The molecule has 1 saturated carbocycles. The number of benzene rings is 1. The highest BCUT2D eigenvalue weighted by atomic mass is 127. The Morgan fingerprint density at radius 1 is 1.36 bits per heavy atom. The Labute approximate surface area is 169 Å². The molecule has 25 heavy (non-hydrogen) atoms. The molecule has 2 N–H and O–H groups in total. The predicted molar refractivity (Wildman–Crippen MR) is 115 cm³/mol. The number of ether oxygens (including phenoxy) is 1. The highest BCUT2D eigenvalue weighted by molar-refractivity contribution is 14.0. The fourth-order valence-corrected chi connectivity index (χ4v) is 4.41. The molecular formula is C20H32IN3O. The summed E-state index contributed by atoms with van der Waals surface area (Å²) in [7, 11) is 0. The van der Waals surface area contributed by atoms with Gasteiger partial charge in [-0.1, -0.05) is 38.1 Å². The molecule has 4 atom stereocenters. The Kier molecular flexibility index (Phi) is 6.76. The molecule has 0 aromatic heterocycles. The second kappa shape index (κ2) is 8.25. The van der Waals surface area contributed by atoms with Gasteiger partial charge in [-0.15, -0.1) is 24.0 Å². The number of nitrogens with one attached hydrogen (secondary N) is 2. The Morgan fingerprint density at radius 2 is 2.08 bits per heavy atom. The molecule has 0 spiro atoms. The maximum absolute atomic E-state index is 5.90. The predicted octanol–water partition coefficient (Wildman–Crippen LogP) is 4.04. The van der Waals surface area contributed by atoms with Gasteiger partial charge in [0.25, 0.3) is 0 Å². The molecule has 1 heterocycles. The first kappa shape index (κ1) is 20.5. The van der Waals surface area contributed by atoms with E-state index in [4.69, 9.17) is 4.74 Å². The molecule has 0 bridgehead atoms. The molecule has 1 aliphatic heterocycles. The monoisotopic (exact) mass is 457 g/mol. The number of guanidine groups is 1. The third-order valence-corrected chi connectivity index (χ3v) is 5.72. The third kappa shape index (κ3) is 3.97. The van der Waals surface area contributed by atoms with Crippen molar-refractivity contribution in [1.82, 2.24) is 10.6 Å². The lowest BCUT2D eigenvalue weighted by Gasteiger charge is -2.55. The van der Waals surface area contributed by atoms with E-state index in [9.17, 15) is 0 Å². The molecule has 1 saturated heterocycles. The minimum absolute atomic E-state index is 0. The van der Waals surface area contributed by atoms with E-state index >= 15 is 0 Å². The molecule has 4 nitrogen and oxygen atoms in total. The van der Waals surface area contributed by atoms with Gasteiger partial charge in [-0.25, -0.2) is 0 Å². The van der Waals surface area contributed by atoms with Crippen LogP contribution in [0.2, 0.25) is 0 Å². The van der Waals surface area contributed by atoms with Crippen molar-refractivity contribution in [3.05, 3.63) is 35.4 Å². The number of rotatable bonds is 4. The highest BCUT2D eigenvalue weighted by Crippen LogP contribution is 2.52. The molecule has 140 valence electrons. The van der Waals surface area contributed by atoms with Crippen molar-refractivity contribution >= 4 is 29.9 Å². The summed E-state index contributed by atoms with van der Waals surface area (Å²) >= 11 is 0. The van der Waals surface area contributed by atoms with Gasteiger partial charge in [0, 0.05) is 30.5 Å². The topological polar surface area (TPSA) is 45.7 Å². The van der Waals surface area contributed by atoms with Crippen molar-refractivity contribution < 1.29 is 4.74 Å². The summed E-state index contributed by atoms with van der Waals surface area (Å²) in [4.78, 5) is 4.67. The van der Waals surface area contributed by atoms with Gasteiger partial charge in [0.05, 0.1) is 12.1 Å². The zero-order valence-corrected chi connectivity index (χ0v) is 18.3. The number of aryl methyl sites for hydroxylation is 1. The maximum Gasteiger partial charge on any atom is 0.191 e. The van der Waals surface area contributed by atoms with Crippen LogP contribution in [0.15, 0.2) is 29.3 Å². The first-order valence-corrected chi connectivity index (χ1v) is 9.19. The third-order valence-electron chi connectivity index (χ3n) is 5.72. The van der Waals surface area contributed by atoms with Crippen LogP contribution in [0.25, 0.3) is 0 Å². The average molecular weight is 457 g/mol. The summed E-state index contributed by atoms with van der Waals surface area (Å²) in [6.07, 6.45) is 1.55. The molecule has 3 rings (SSSR count). The summed E-state index contributed by atoms with van der Waals surface area (Å²) in [5, 5.41) is 7.28. The van der Waals surface area contributed by atoms with Gasteiger partial charge < -0.3 is 15.4 Å². The van der Waals surface area contributed by atoms with Crippen LogP contribution in [0, 0.1) is 18.3 Å². The number of aliphatic imine (C=N–C) groups is 1. The SMILES string of the molecule is CCN=C(NC(C)c1ccccc1C)NC1C2CCOC2C1(C)C.I. The maximum atomic E-state index is 5.90. The number of hydrogen-bond donors (Lipinski definition) is 2. The number of fused-ring (bicyclic) bond motifs is 1. The van der Waals surface area contributed by atoms with Crippen LogP contribution in [0.5, 0.6) is 0 Å². The van der Waals surface area contributed by atoms with Crippen molar-refractivity contribution in [3.63, 3.8) is 0 Å². The molecule has 4 unspecified atom stereocenters. The molecule has 1 aromatic rings. The standard InChI is InChI=1S/C20H31N3O.HI/c1-6-21-19(22-14(3)15-10-8-7-9-13(15)2)23-17-16-11-12-24-18(16)20(17,4)5;/h7-10,14,16-18H,6,11-12H2,1-5H3,(H2,21,22,23);1H. The van der Waals surface area contributed by atoms with E-state index < -0.39 is 0 Å². The molecule has 1 aromatic carbocycles. The van der Waals surface area contributed by atoms with E-state index in [1.807, 2.05) is 0 Å². The molecule has 1 aliphatic carbocycles. The second-order valence-corrected chi connectivity index (χ2v) is 7.73.